The number of nitrogens with two attached hydrogens (primary N) is 2. The molecule has 0 spiro atoms. The van der Waals surface area contributed by atoms with Gasteiger partial charge in [0.15, 0.2) is 5.69 Å². The van der Waals surface area contributed by atoms with Gasteiger partial charge in [-0.2, -0.15) is 0 Å². The molecule has 1 fully saturated rings. The number of carbonyl (C=O) groups is 2. The molecule has 0 aliphatic carbocycles. The zero-order valence-corrected chi connectivity index (χ0v) is 9.95. The number of aromatic nitrogens is 3. The van der Waals surface area contributed by atoms with Crippen LogP contribution in [0.3, 0.4) is 0 Å². The van der Waals surface area contributed by atoms with Crippen LogP contribution in [0.5, 0.6) is 0 Å². The summed E-state index contributed by atoms with van der Waals surface area (Å²) in [6, 6.07) is -0.530. The second kappa shape index (κ2) is 5.13. The second-order valence-corrected chi connectivity index (χ2v) is 4.21. The fourth-order valence-corrected chi connectivity index (χ4v) is 2.09. The summed E-state index contributed by atoms with van der Waals surface area (Å²) >= 11 is 0. The van der Waals surface area contributed by atoms with Crippen molar-refractivity contribution in [1.82, 2.24) is 19.9 Å². The first-order valence-electron chi connectivity index (χ1n) is 5.84. The molecule has 1 aromatic heterocycles. The summed E-state index contributed by atoms with van der Waals surface area (Å²) in [5, 5.41) is 7.58. The molecule has 8 nitrogen and oxygen atoms in total. The number of likely N-dealkylation sites (tertiary alicyclic amines) is 1. The number of hydrogen-bond acceptors (Lipinski definition) is 5. The van der Waals surface area contributed by atoms with Crippen LogP contribution in [-0.2, 0) is 11.3 Å². The van der Waals surface area contributed by atoms with Crippen LogP contribution in [0.4, 0.5) is 0 Å². The van der Waals surface area contributed by atoms with Crippen molar-refractivity contribution in [3.63, 3.8) is 0 Å². The van der Waals surface area contributed by atoms with Crippen LogP contribution >= 0.6 is 0 Å². The van der Waals surface area contributed by atoms with Gasteiger partial charge in [0.1, 0.15) is 6.04 Å². The average Bonchev–Trinajstić information content (AvgIpc) is 2.96. The fraction of sp³-hybridized carbons (Fsp3) is 0.600. The van der Waals surface area contributed by atoms with Crippen molar-refractivity contribution < 1.29 is 9.59 Å². The first kappa shape index (κ1) is 12.5. The van der Waals surface area contributed by atoms with Gasteiger partial charge >= 0.3 is 0 Å². The lowest BCUT2D eigenvalue weighted by molar-refractivity contribution is -0.121. The lowest BCUT2D eigenvalue weighted by Crippen LogP contribution is -2.43. The zero-order valence-electron chi connectivity index (χ0n) is 9.95. The number of hydrogen-bond donors (Lipinski definition) is 2. The molecule has 4 N–H and O–H groups in total. The van der Waals surface area contributed by atoms with Crippen molar-refractivity contribution in [2.24, 2.45) is 11.5 Å². The minimum Gasteiger partial charge on any atom is -0.368 e. The van der Waals surface area contributed by atoms with Gasteiger partial charge in [0.2, 0.25) is 5.91 Å². The maximum Gasteiger partial charge on any atom is 0.276 e. The Morgan fingerprint density at radius 3 is 2.94 bits per heavy atom. The van der Waals surface area contributed by atoms with E-state index in [2.05, 4.69) is 10.3 Å². The van der Waals surface area contributed by atoms with E-state index in [1.807, 2.05) is 0 Å². The molecule has 18 heavy (non-hydrogen) atoms. The van der Waals surface area contributed by atoms with Gasteiger partial charge in [0, 0.05) is 13.1 Å². The highest BCUT2D eigenvalue weighted by Crippen LogP contribution is 2.18. The van der Waals surface area contributed by atoms with Crippen molar-refractivity contribution in [3.05, 3.63) is 11.9 Å². The van der Waals surface area contributed by atoms with Crippen LogP contribution in [0.15, 0.2) is 6.20 Å². The first-order chi connectivity index (χ1) is 8.63. The maximum atomic E-state index is 12.2. The quantitative estimate of drug-likeness (QED) is 0.663. The molecule has 0 saturated carbocycles. The van der Waals surface area contributed by atoms with E-state index in [0.717, 1.165) is 6.42 Å². The van der Waals surface area contributed by atoms with Gasteiger partial charge in [-0.25, -0.2) is 0 Å². The van der Waals surface area contributed by atoms with Crippen molar-refractivity contribution in [2.45, 2.75) is 25.4 Å². The molecule has 1 aliphatic rings. The molecule has 2 amide bonds. The summed E-state index contributed by atoms with van der Waals surface area (Å²) in [5.74, 6) is -0.783. The van der Waals surface area contributed by atoms with Crippen LogP contribution in [-0.4, -0.2) is 50.8 Å². The van der Waals surface area contributed by atoms with Crippen LogP contribution in [0.2, 0.25) is 0 Å². The van der Waals surface area contributed by atoms with Gasteiger partial charge in [-0.05, 0) is 12.8 Å². The Labute approximate surface area is 104 Å². The summed E-state index contributed by atoms with van der Waals surface area (Å²) in [7, 11) is 0. The Balaban J connectivity index is 2.12. The van der Waals surface area contributed by atoms with Gasteiger partial charge in [0.05, 0.1) is 12.7 Å². The van der Waals surface area contributed by atoms with E-state index in [4.69, 9.17) is 11.5 Å². The molecule has 2 rings (SSSR count). The Morgan fingerprint density at radius 1 is 1.50 bits per heavy atom. The monoisotopic (exact) mass is 252 g/mol. The topological polar surface area (TPSA) is 120 Å². The molecule has 1 aliphatic heterocycles. The largest absolute Gasteiger partial charge is 0.368 e. The van der Waals surface area contributed by atoms with E-state index in [-0.39, 0.29) is 11.6 Å². The molecular formula is C10H16N6O2. The van der Waals surface area contributed by atoms with E-state index in [1.54, 1.807) is 0 Å². The van der Waals surface area contributed by atoms with E-state index in [0.29, 0.717) is 26.1 Å². The van der Waals surface area contributed by atoms with Crippen molar-refractivity contribution in [2.75, 3.05) is 13.1 Å². The van der Waals surface area contributed by atoms with E-state index < -0.39 is 11.9 Å². The second-order valence-electron chi connectivity index (χ2n) is 4.21. The molecule has 1 unspecified atom stereocenters. The van der Waals surface area contributed by atoms with Crippen molar-refractivity contribution in [3.8, 4) is 0 Å². The molecular weight excluding hydrogens is 236 g/mol. The van der Waals surface area contributed by atoms with Gasteiger partial charge < -0.3 is 16.4 Å². The maximum absolute atomic E-state index is 12.2. The summed E-state index contributed by atoms with van der Waals surface area (Å²) in [5.41, 5.74) is 10.9. The number of primary amides is 1. The minimum atomic E-state index is -0.530. The highest BCUT2D eigenvalue weighted by atomic mass is 16.2. The highest BCUT2D eigenvalue weighted by Gasteiger charge is 2.34. The van der Waals surface area contributed by atoms with Gasteiger partial charge in [0.25, 0.3) is 5.91 Å². The molecule has 1 aromatic rings. The summed E-state index contributed by atoms with van der Waals surface area (Å²) < 4.78 is 1.50. The predicted octanol–water partition coefficient (Wildman–Crippen LogP) is -1.67. The Morgan fingerprint density at radius 2 is 2.28 bits per heavy atom. The molecule has 1 saturated heterocycles. The van der Waals surface area contributed by atoms with Crippen molar-refractivity contribution in [1.29, 1.82) is 0 Å². The lowest BCUT2D eigenvalue weighted by atomic mass is 10.2. The van der Waals surface area contributed by atoms with Crippen LogP contribution < -0.4 is 11.5 Å². The van der Waals surface area contributed by atoms with Gasteiger partial charge in [-0.1, -0.05) is 5.21 Å². The number of nitrogens with zero attached hydrogens (tertiary/aromatic N) is 4. The third kappa shape index (κ3) is 2.33. The summed E-state index contributed by atoms with van der Waals surface area (Å²) in [6.45, 7) is 1.44. The summed E-state index contributed by atoms with van der Waals surface area (Å²) in [6.07, 6.45) is 2.92. The van der Waals surface area contributed by atoms with E-state index >= 15 is 0 Å². The number of amides is 2. The Kier molecular flexibility index (Phi) is 3.56. The predicted molar refractivity (Wildman–Crippen MR) is 62.3 cm³/mol. The molecule has 2 heterocycles. The molecule has 0 aromatic carbocycles. The normalized spacial score (nSPS) is 19.2. The zero-order chi connectivity index (χ0) is 13.1. The van der Waals surface area contributed by atoms with Gasteiger partial charge in [-0.3, -0.25) is 14.3 Å². The number of carbonyl (C=O) groups excluding carboxylic acids is 2. The highest BCUT2D eigenvalue weighted by molar-refractivity contribution is 5.95. The van der Waals surface area contributed by atoms with E-state index in [9.17, 15) is 9.59 Å². The van der Waals surface area contributed by atoms with Crippen LogP contribution in [0.1, 0.15) is 23.3 Å². The lowest BCUT2D eigenvalue weighted by Gasteiger charge is -2.20. The fourth-order valence-electron chi connectivity index (χ4n) is 2.09. The smallest absolute Gasteiger partial charge is 0.276 e. The molecule has 1 atom stereocenters. The third-order valence-electron chi connectivity index (χ3n) is 2.96. The minimum absolute atomic E-state index is 0.219. The molecule has 8 heteroatoms. The molecule has 0 bridgehead atoms. The van der Waals surface area contributed by atoms with Crippen LogP contribution in [0, 0.1) is 0 Å². The van der Waals surface area contributed by atoms with Crippen LogP contribution in [0.25, 0.3) is 0 Å². The third-order valence-corrected chi connectivity index (χ3v) is 2.96. The summed E-state index contributed by atoms with van der Waals surface area (Å²) in [4.78, 5) is 24.8. The SMILES string of the molecule is NCCn1cc(C(=O)N2CCCC2C(N)=O)nn1. The molecule has 0 radical (unpaired) electrons. The standard InChI is InChI=1S/C10H16N6O2/c11-3-5-15-6-7(13-14-15)10(18)16-4-1-2-8(16)9(12)17/h6,8H,1-5,11H2,(H2,12,17). The van der Waals surface area contributed by atoms with Crippen molar-refractivity contribution >= 4 is 11.8 Å². The van der Waals surface area contributed by atoms with Gasteiger partial charge in [-0.15, -0.1) is 5.10 Å². The Bertz CT molecular complexity index is 457. The Hall–Kier alpha value is -1.96. The number of rotatable bonds is 4. The first-order valence-corrected chi connectivity index (χ1v) is 5.84. The average molecular weight is 252 g/mol. The van der Waals surface area contributed by atoms with E-state index in [1.165, 1.54) is 15.8 Å². The molecule has 98 valence electrons.